The summed E-state index contributed by atoms with van der Waals surface area (Å²) in [6, 6.07) is 12.6. The van der Waals surface area contributed by atoms with Gasteiger partial charge in [0.1, 0.15) is 0 Å². The summed E-state index contributed by atoms with van der Waals surface area (Å²) in [5.41, 5.74) is 7.36. The number of alkyl halides is 4. The smallest absolute Gasteiger partial charge is 0.410 e. The number of amides is 2. The minimum Gasteiger partial charge on any atom is -0.436 e. The number of carbonyl (C=O) groups excluding carboxylic acids is 2. The number of aromatic nitrogens is 3. The number of hydrogen-bond acceptors (Lipinski definition) is 8. The molecule has 16 heteroatoms. The summed E-state index contributed by atoms with van der Waals surface area (Å²) in [4.78, 5) is 51.7. The van der Waals surface area contributed by atoms with Crippen molar-refractivity contribution in [1.82, 2.24) is 34.4 Å². The highest BCUT2D eigenvalue weighted by molar-refractivity contribution is 14.2. The molecule has 0 aliphatic carbocycles. The SMILES string of the molecule is CN1CCCN(C2CCN(C(=O)[C@@H](Cc3cc(C(F)F)c(N)c(C(I)I)c3)OC(=O)N3CCC(n4nc(-c5ccccc5)[nH]c4=O)CC3)CC2)CC1. The minimum atomic E-state index is -2.80. The maximum atomic E-state index is 14.2. The summed E-state index contributed by atoms with van der Waals surface area (Å²) >= 11 is 4.24. The van der Waals surface area contributed by atoms with Crippen LogP contribution in [0.2, 0.25) is 0 Å². The van der Waals surface area contributed by atoms with Crippen LogP contribution in [0.15, 0.2) is 47.3 Å². The Morgan fingerprint density at radius 2 is 1.58 bits per heavy atom. The number of nitrogen functional groups attached to an aromatic ring is 1. The summed E-state index contributed by atoms with van der Waals surface area (Å²) in [7, 11) is 2.14. The number of aromatic amines is 1. The van der Waals surface area contributed by atoms with E-state index in [1.807, 2.05) is 30.3 Å². The molecule has 6 rings (SSSR count). The number of carbonyl (C=O) groups is 2. The molecule has 282 valence electrons. The Hall–Kier alpha value is -2.84. The van der Waals surface area contributed by atoms with Crippen LogP contribution in [0.3, 0.4) is 0 Å². The van der Waals surface area contributed by atoms with Gasteiger partial charge in [0.2, 0.25) is 0 Å². The topological polar surface area (TPSA) is 133 Å². The van der Waals surface area contributed by atoms with Crippen molar-refractivity contribution >= 4 is 62.9 Å². The van der Waals surface area contributed by atoms with E-state index in [2.05, 4.69) is 72.1 Å². The van der Waals surface area contributed by atoms with E-state index in [0.29, 0.717) is 62.0 Å². The zero-order valence-electron chi connectivity index (χ0n) is 29.2. The molecule has 2 aromatic carbocycles. The van der Waals surface area contributed by atoms with Crippen LogP contribution in [0.1, 0.15) is 63.2 Å². The number of rotatable bonds is 9. The molecule has 2 amide bonds. The molecule has 3 aliphatic heterocycles. The molecule has 0 saturated carbocycles. The highest BCUT2D eigenvalue weighted by Gasteiger charge is 2.36. The number of hydrogen-bond donors (Lipinski definition) is 2. The lowest BCUT2D eigenvalue weighted by molar-refractivity contribution is -0.142. The van der Waals surface area contributed by atoms with Gasteiger partial charge in [-0.1, -0.05) is 81.6 Å². The van der Waals surface area contributed by atoms with E-state index >= 15 is 0 Å². The van der Waals surface area contributed by atoms with E-state index in [0.717, 1.165) is 51.0 Å². The molecule has 0 unspecified atom stereocenters. The quantitative estimate of drug-likeness (QED) is 0.160. The van der Waals surface area contributed by atoms with Gasteiger partial charge in [-0.15, -0.1) is 5.10 Å². The third kappa shape index (κ3) is 9.26. The molecule has 3 fully saturated rings. The molecular weight excluding hydrogens is 900 g/mol. The lowest BCUT2D eigenvalue weighted by Gasteiger charge is -2.39. The van der Waals surface area contributed by atoms with E-state index in [1.54, 1.807) is 15.9 Å². The predicted octanol–water partition coefficient (Wildman–Crippen LogP) is 5.64. The molecule has 3 aliphatic rings. The maximum Gasteiger partial charge on any atom is 0.410 e. The second-order valence-electron chi connectivity index (χ2n) is 13.9. The molecule has 52 heavy (non-hydrogen) atoms. The largest absolute Gasteiger partial charge is 0.436 e. The van der Waals surface area contributed by atoms with Gasteiger partial charge >= 0.3 is 11.8 Å². The van der Waals surface area contributed by atoms with Crippen molar-refractivity contribution in [2.45, 2.75) is 65.1 Å². The molecule has 0 radical (unpaired) electrons. The molecule has 4 heterocycles. The number of halogens is 4. The van der Waals surface area contributed by atoms with Crippen LogP contribution >= 0.6 is 45.2 Å². The highest BCUT2D eigenvalue weighted by Crippen LogP contribution is 2.40. The van der Waals surface area contributed by atoms with E-state index in [1.165, 1.54) is 10.7 Å². The predicted molar refractivity (Wildman–Crippen MR) is 212 cm³/mol. The Balaban J connectivity index is 1.15. The molecule has 12 nitrogen and oxygen atoms in total. The second kappa shape index (κ2) is 17.5. The first-order chi connectivity index (χ1) is 25.0. The Bertz CT molecular complexity index is 1710. The molecule has 1 aromatic heterocycles. The molecule has 0 bridgehead atoms. The number of piperidine rings is 2. The van der Waals surface area contributed by atoms with E-state index in [9.17, 15) is 23.2 Å². The fourth-order valence-electron chi connectivity index (χ4n) is 7.52. The fourth-order valence-corrected chi connectivity index (χ4v) is 8.55. The summed E-state index contributed by atoms with van der Waals surface area (Å²) < 4.78 is 35.5. The van der Waals surface area contributed by atoms with Gasteiger partial charge in [0.25, 0.3) is 12.3 Å². The highest BCUT2D eigenvalue weighted by atomic mass is 127. The molecule has 3 aromatic rings. The van der Waals surface area contributed by atoms with Gasteiger partial charge in [-0.05, 0) is 69.4 Å². The Morgan fingerprint density at radius 3 is 2.25 bits per heavy atom. The average Bonchev–Trinajstić information content (AvgIpc) is 3.40. The molecule has 1 atom stereocenters. The standard InChI is InChI=1S/C36H46F2I2N8O4/c1-44-12-5-13-45(19-18-44)25-8-14-46(15-9-25)34(49)29(22-23-20-27(31(37)38)30(41)28(21-23)32(39)40)52-36(51)47-16-10-26(11-17-47)48-35(50)42-33(43-48)24-6-3-2-4-7-24/h2-4,6-7,20-21,25-26,29,31-32H,5,8-19,22,41H2,1H3,(H,42,43,50)/t29-/m1/s1. The number of nitrogens with one attached hydrogen (secondary N) is 1. The van der Waals surface area contributed by atoms with Crippen LogP contribution in [0.25, 0.3) is 11.4 Å². The van der Waals surface area contributed by atoms with Crippen LogP contribution in [0.4, 0.5) is 19.3 Å². The number of anilines is 1. The van der Waals surface area contributed by atoms with E-state index < -0.39 is 18.6 Å². The minimum absolute atomic E-state index is 0.0315. The van der Waals surface area contributed by atoms with Crippen LogP contribution in [-0.2, 0) is 16.0 Å². The Morgan fingerprint density at radius 1 is 0.923 bits per heavy atom. The number of benzene rings is 2. The zero-order valence-corrected chi connectivity index (χ0v) is 33.5. The average molecular weight is 947 g/mol. The van der Waals surface area contributed by atoms with E-state index in [4.69, 9.17) is 10.5 Å². The first-order valence-corrected chi connectivity index (χ1v) is 20.4. The van der Waals surface area contributed by atoms with Crippen molar-refractivity contribution in [2.24, 2.45) is 0 Å². The first-order valence-electron chi connectivity index (χ1n) is 17.9. The summed E-state index contributed by atoms with van der Waals surface area (Å²) in [5, 5.41) is 4.53. The number of likely N-dealkylation sites (N-methyl/N-ethyl adjacent to an activating group) is 1. The number of ether oxygens (including phenoxy) is 1. The summed E-state index contributed by atoms with van der Waals surface area (Å²) in [6.07, 6.45) is -1.04. The molecule has 0 spiro atoms. The van der Waals surface area contributed by atoms with Crippen molar-refractivity contribution in [3.8, 4) is 11.4 Å². The van der Waals surface area contributed by atoms with Crippen LogP contribution in [-0.4, -0.2) is 118 Å². The Kier molecular flexibility index (Phi) is 13.1. The third-order valence-corrected chi connectivity index (χ3v) is 11.9. The zero-order chi connectivity index (χ0) is 36.9. The Labute approximate surface area is 329 Å². The van der Waals surface area contributed by atoms with Crippen molar-refractivity contribution < 1.29 is 23.1 Å². The van der Waals surface area contributed by atoms with Gasteiger partial charge in [-0.25, -0.2) is 23.1 Å². The number of nitrogens with zero attached hydrogens (tertiary/aromatic N) is 6. The van der Waals surface area contributed by atoms with Gasteiger partial charge in [0.05, 0.1) is 7.97 Å². The number of H-pyrrole nitrogens is 1. The normalized spacial score (nSPS) is 19.3. The molecule has 3 saturated heterocycles. The van der Waals surface area contributed by atoms with Crippen LogP contribution in [0, 0.1) is 0 Å². The third-order valence-electron chi connectivity index (χ3n) is 10.5. The van der Waals surface area contributed by atoms with Gasteiger partial charge in [-0.2, -0.15) is 0 Å². The summed E-state index contributed by atoms with van der Waals surface area (Å²) in [6.45, 7) is 5.77. The van der Waals surface area contributed by atoms with Crippen molar-refractivity contribution in [2.75, 3.05) is 65.1 Å². The monoisotopic (exact) mass is 946 g/mol. The lowest BCUT2D eigenvalue weighted by Crippen LogP contribution is -2.51. The van der Waals surface area contributed by atoms with Crippen LogP contribution < -0.4 is 11.4 Å². The van der Waals surface area contributed by atoms with Gasteiger partial charge in [0.15, 0.2) is 11.9 Å². The van der Waals surface area contributed by atoms with Crippen LogP contribution in [0.5, 0.6) is 0 Å². The van der Waals surface area contributed by atoms with Gasteiger partial charge in [0, 0.05) is 68.5 Å². The van der Waals surface area contributed by atoms with Gasteiger partial charge < -0.3 is 25.2 Å². The second-order valence-corrected chi connectivity index (χ2v) is 18.8. The summed E-state index contributed by atoms with van der Waals surface area (Å²) in [5.74, 6) is 0.153. The molecular formula is C36H46F2I2N8O4. The van der Waals surface area contributed by atoms with E-state index in [-0.39, 0.29) is 37.2 Å². The maximum absolute atomic E-state index is 14.2. The number of nitrogens with two attached hydrogens (primary N) is 1. The van der Waals surface area contributed by atoms with Crippen molar-refractivity contribution in [3.63, 3.8) is 0 Å². The molecule has 3 N–H and O–H groups in total. The fraction of sp³-hybridized carbons (Fsp3) is 0.556. The van der Waals surface area contributed by atoms with Crippen molar-refractivity contribution in [3.05, 3.63) is 69.6 Å². The van der Waals surface area contributed by atoms with Gasteiger partial charge in [-0.3, -0.25) is 14.7 Å². The number of likely N-dealkylation sites (tertiary alicyclic amines) is 2. The first kappa shape index (κ1) is 38.9. The van der Waals surface area contributed by atoms with Crippen molar-refractivity contribution in [1.29, 1.82) is 0 Å². The lowest BCUT2D eigenvalue weighted by atomic mass is 9.98.